The van der Waals surface area contributed by atoms with Crippen LogP contribution in [0.2, 0.25) is 0 Å². The summed E-state index contributed by atoms with van der Waals surface area (Å²) in [6.07, 6.45) is 0.817. The zero-order chi connectivity index (χ0) is 11.3. The minimum Gasteiger partial charge on any atom is -0.352 e. The highest BCUT2D eigenvalue weighted by Gasteiger charge is 2.14. The van der Waals surface area contributed by atoms with Gasteiger partial charge in [-0.1, -0.05) is 22.0 Å². The van der Waals surface area contributed by atoms with Crippen LogP contribution in [0.1, 0.15) is 16.8 Å². The molecule has 15 heavy (non-hydrogen) atoms. The normalized spacial score (nSPS) is 10.1. The van der Waals surface area contributed by atoms with E-state index < -0.39 is 5.82 Å². The molecule has 0 fully saturated rings. The van der Waals surface area contributed by atoms with Crippen LogP contribution in [-0.2, 0) is 0 Å². The van der Waals surface area contributed by atoms with Gasteiger partial charge in [-0.2, -0.15) is 0 Å². The standard InChI is InChI=1S/C10H10Br2FNO/c11-5-2-6-14-10(15)9-7(12)3-1-4-8(9)13/h1,3-4H,2,5-6H2,(H,14,15). The van der Waals surface area contributed by atoms with E-state index in [4.69, 9.17) is 0 Å². The number of rotatable bonds is 4. The highest BCUT2D eigenvalue weighted by molar-refractivity contribution is 9.10. The number of carbonyl (C=O) groups is 1. The van der Waals surface area contributed by atoms with Gasteiger partial charge in [0.2, 0.25) is 0 Å². The van der Waals surface area contributed by atoms with Gasteiger partial charge in [0, 0.05) is 16.3 Å². The van der Waals surface area contributed by atoms with Crippen molar-refractivity contribution in [3.8, 4) is 0 Å². The van der Waals surface area contributed by atoms with Crippen molar-refractivity contribution in [2.75, 3.05) is 11.9 Å². The molecule has 0 saturated heterocycles. The second kappa shape index (κ2) is 6.23. The Balaban J connectivity index is 2.73. The molecule has 1 N–H and O–H groups in total. The fraction of sp³-hybridized carbons (Fsp3) is 0.300. The number of halogens is 3. The van der Waals surface area contributed by atoms with Gasteiger partial charge in [0.05, 0.1) is 5.56 Å². The van der Waals surface area contributed by atoms with Crippen LogP contribution in [0.5, 0.6) is 0 Å². The molecule has 0 aromatic heterocycles. The zero-order valence-corrected chi connectivity index (χ0v) is 11.1. The molecule has 0 bridgehead atoms. The summed E-state index contributed by atoms with van der Waals surface area (Å²) in [5, 5.41) is 3.45. The number of hydrogen-bond donors (Lipinski definition) is 1. The average molecular weight is 339 g/mol. The summed E-state index contributed by atoms with van der Waals surface area (Å²) in [6, 6.07) is 4.46. The Morgan fingerprint density at radius 2 is 2.20 bits per heavy atom. The highest BCUT2D eigenvalue weighted by atomic mass is 79.9. The first-order valence-corrected chi connectivity index (χ1v) is 6.36. The molecule has 1 rings (SSSR count). The molecule has 0 atom stereocenters. The summed E-state index contributed by atoms with van der Waals surface area (Å²) in [5.74, 6) is -0.901. The Labute approximate surface area is 105 Å². The van der Waals surface area contributed by atoms with Crippen LogP contribution in [0.4, 0.5) is 4.39 Å². The molecule has 0 aliphatic heterocycles. The second-order valence-corrected chi connectivity index (χ2v) is 4.54. The van der Waals surface area contributed by atoms with Crippen LogP contribution in [0.25, 0.3) is 0 Å². The van der Waals surface area contributed by atoms with Crippen LogP contribution in [0, 0.1) is 5.82 Å². The number of carbonyl (C=O) groups excluding carboxylic acids is 1. The van der Waals surface area contributed by atoms with Gasteiger partial charge in [0.25, 0.3) is 5.91 Å². The number of amides is 1. The van der Waals surface area contributed by atoms with Crippen molar-refractivity contribution in [2.24, 2.45) is 0 Å². The lowest BCUT2D eigenvalue weighted by molar-refractivity contribution is 0.0949. The summed E-state index contributed by atoms with van der Waals surface area (Å²) >= 11 is 6.40. The third-order valence-electron chi connectivity index (χ3n) is 1.79. The van der Waals surface area contributed by atoms with Crippen LogP contribution < -0.4 is 5.32 Å². The monoisotopic (exact) mass is 337 g/mol. The van der Waals surface area contributed by atoms with E-state index in [1.807, 2.05) is 0 Å². The highest BCUT2D eigenvalue weighted by Crippen LogP contribution is 2.19. The second-order valence-electron chi connectivity index (χ2n) is 2.90. The largest absolute Gasteiger partial charge is 0.352 e. The molecule has 1 amide bonds. The fourth-order valence-corrected chi connectivity index (χ4v) is 1.87. The number of alkyl halides is 1. The molecular weight excluding hydrogens is 329 g/mol. The predicted molar refractivity (Wildman–Crippen MR) is 64.8 cm³/mol. The topological polar surface area (TPSA) is 29.1 Å². The van der Waals surface area contributed by atoms with Crippen LogP contribution in [0.15, 0.2) is 22.7 Å². The lowest BCUT2D eigenvalue weighted by Crippen LogP contribution is -2.26. The van der Waals surface area contributed by atoms with Crippen molar-refractivity contribution in [1.29, 1.82) is 0 Å². The van der Waals surface area contributed by atoms with Crippen LogP contribution in [-0.4, -0.2) is 17.8 Å². The lowest BCUT2D eigenvalue weighted by Gasteiger charge is -2.06. The van der Waals surface area contributed by atoms with E-state index in [-0.39, 0.29) is 11.5 Å². The van der Waals surface area contributed by atoms with E-state index in [0.717, 1.165) is 11.8 Å². The average Bonchev–Trinajstić information content (AvgIpc) is 2.18. The van der Waals surface area contributed by atoms with Crippen molar-refractivity contribution >= 4 is 37.8 Å². The van der Waals surface area contributed by atoms with Crippen LogP contribution >= 0.6 is 31.9 Å². The Hall–Kier alpha value is -0.420. The molecule has 0 aliphatic carbocycles. The number of benzene rings is 1. The molecule has 2 nitrogen and oxygen atoms in total. The Morgan fingerprint density at radius 3 is 2.80 bits per heavy atom. The summed E-state index contributed by atoms with van der Waals surface area (Å²) in [7, 11) is 0. The van der Waals surface area contributed by atoms with Gasteiger partial charge in [-0.25, -0.2) is 4.39 Å². The van der Waals surface area contributed by atoms with E-state index in [1.54, 1.807) is 12.1 Å². The van der Waals surface area contributed by atoms with E-state index in [9.17, 15) is 9.18 Å². The third-order valence-corrected chi connectivity index (χ3v) is 3.01. The maximum atomic E-state index is 13.3. The van der Waals surface area contributed by atoms with Crippen molar-refractivity contribution in [3.63, 3.8) is 0 Å². The maximum absolute atomic E-state index is 13.3. The Kier molecular flexibility index (Phi) is 5.25. The minimum absolute atomic E-state index is 0.0621. The van der Waals surface area contributed by atoms with Crippen molar-refractivity contribution in [1.82, 2.24) is 5.32 Å². The fourth-order valence-electron chi connectivity index (χ4n) is 1.07. The molecule has 82 valence electrons. The molecule has 0 aliphatic rings. The van der Waals surface area contributed by atoms with E-state index in [2.05, 4.69) is 37.2 Å². The molecule has 1 aromatic rings. The first-order valence-electron chi connectivity index (χ1n) is 4.45. The summed E-state index contributed by atoms with van der Waals surface area (Å²) < 4.78 is 13.8. The molecule has 0 saturated carbocycles. The third kappa shape index (κ3) is 3.57. The molecule has 0 radical (unpaired) electrons. The van der Waals surface area contributed by atoms with Crippen molar-refractivity contribution < 1.29 is 9.18 Å². The zero-order valence-electron chi connectivity index (χ0n) is 7.90. The smallest absolute Gasteiger partial charge is 0.255 e. The van der Waals surface area contributed by atoms with Crippen molar-refractivity contribution in [3.05, 3.63) is 34.1 Å². The predicted octanol–water partition coefficient (Wildman–Crippen LogP) is 3.10. The number of nitrogens with one attached hydrogen (secondary N) is 1. The first-order chi connectivity index (χ1) is 7.16. The van der Waals surface area contributed by atoms with Crippen LogP contribution in [0.3, 0.4) is 0 Å². The SMILES string of the molecule is O=C(NCCCBr)c1c(F)cccc1Br. The van der Waals surface area contributed by atoms with Gasteiger partial charge in [-0.05, 0) is 34.5 Å². The molecule has 0 unspecified atom stereocenters. The van der Waals surface area contributed by atoms with Crippen molar-refractivity contribution in [2.45, 2.75) is 6.42 Å². The molecule has 5 heteroatoms. The first kappa shape index (κ1) is 12.6. The molecule has 0 heterocycles. The van der Waals surface area contributed by atoms with Gasteiger partial charge >= 0.3 is 0 Å². The molecule has 0 spiro atoms. The maximum Gasteiger partial charge on any atom is 0.255 e. The summed E-state index contributed by atoms with van der Waals surface area (Å²) in [6.45, 7) is 0.533. The quantitative estimate of drug-likeness (QED) is 0.663. The Bertz CT molecular complexity index is 337. The summed E-state index contributed by atoms with van der Waals surface area (Å²) in [5.41, 5.74) is 0.0621. The summed E-state index contributed by atoms with van der Waals surface area (Å²) in [4.78, 5) is 11.6. The number of hydrogen-bond acceptors (Lipinski definition) is 1. The van der Waals surface area contributed by atoms with E-state index >= 15 is 0 Å². The van der Waals surface area contributed by atoms with Gasteiger partial charge < -0.3 is 5.32 Å². The van der Waals surface area contributed by atoms with Gasteiger partial charge in [-0.3, -0.25) is 4.79 Å². The molecular formula is C10H10Br2FNO. The molecule has 1 aromatic carbocycles. The van der Waals surface area contributed by atoms with Gasteiger partial charge in [0.15, 0.2) is 0 Å². The minimum atomic E-state index is -0.513. The van der Waals surface area contributed by atoms with E-state index in [1.165, 1.54) is 6.07 Å². The van der Waals surface area contributed by atoms with E-state index in [0.29, 0.717) is 11.0 Å². The van der Waals surface area contributed by atoms with Gasteiger partial charge in [0.1, 0.15) is 5.82 Å². The van der Waals surface area contributed by atoms with Gasteiger partial charge in [-0.15, -0.1) is 0 Å². The Morgan fingerprint density at radius 1 is 1.47 bits per heavy atom. The lowest BCUT2D eigenvalue weighted by atomic mass is 10.2.